The van der Waals surface area contributed by atoms with E-state index in [0.29, 0.717) is 35.0 Å². The highest BCUT2D eigenvalue weighted by atomic mass is 32.1. The Morgan fingerprint density at radius 3 is 2.80 bits per heavy atom. The van der Waals surface area contributed by atoms with Crippen LogP contribution in [-0.2, 0) is 22.5 Å². The summed E-state index contributed by atoms with van der Waals surface area (Å²) in [5.41, 5.74) is 1.30. The maximum Gasteiger partial charge on any atom is 0.341 e. The number of hydrogen-bond donors (Lipinski definition) is 1. The number of rotatable bonds is 4. The Hall–Kier alpha value is -2.19. The van der Waals surface area contributed by atoms with Crippen molar-refractivity contribution in [2.75, 3.05) is 18.5 Å². The van der Waals surface area contributed by atoms with Gasteiger partial charge in [-0.1, -0.05) is 6.07 Å². The Balaban J connectivity index is 1.95. The second-order valence-corrected chi connectivity index (χ2v) is 7.60. The average Bonchev–Trinajstić information content (AvgIpc) is 3.21. The minimum absolute atomic E-state index is 0.000839. The van der Waals surface area contributed by atoms with Gasteiger partial charge in [0, 0.05) is 18.3 Å². The monoisotopic (exact) mass is 378 g/mol. The molecule has 0 fully saturated rings. The van der Waals surface area contributed by atoms with Gasteiger partial charge < -0.3 is 15.0 Å². The van der Waals surface area contributed by atoms with Crippen molar-refractivity contribution in [3.8, 4) is 0 Å². The third-order valence-corrected chi connectivity index (χ3v) is 5.95. The zero-order valence-corrected chi connectivity index (χ0v) is 15.6. The Kier molecular flexibility index (Phi) is 5.19. The lowest BCUT2D eigenvalue weighted by Crippen LogP contribution is -2.34. The van der Waals surface area contributed by atoms with E-state index in [-0.39, 0.29) is 18.4 Å². The molecule has 1 aliphatic heterocycles. The summed E-state index contributed by atoms with van der Waals surface area (Å²) >= 11 is 2.68. The number of carbonyl (C=O) groups is 3. The second-order valence-electron chi connectivity index (χ2n) is 5.55. The molecular weight excluding hydrogens is 360 g/mol. The molecule has 8 heteroatoms. The summed E-state index contributed by atoms with van der Waals surface area (Å²) in [4.78, 5) is 39.7. The average molecular weight is 378 g/mol. The molecule has 3 heterocycles. The molecule has 0 bridgehead atoms. The predicted octanol–water partition coefficient (Wildman–Crippen LogP) is 3.14. The van der Waals surface area contributed by atoms with Gasteiger partial charge in [-0.25, -0.2) is 4.79 Å². The Morgan fingerprint density at radius 2 is 2.16 bits per heavy atom. The molecule has 1 aliphatic rings. The van der Waals surface area contributed by atoms with E-state index in [1.807, 2.05) is 5.38 Å². The van der Waals surface area contributed by atoms with Crippen molar-refractivity contribution in [2.24, 2.45) is 0 Å². The number of thiophene rings is 2. The first kappa shape index (κ1) is 17.6. The molecule has 0 unspecified atom stereocenters. The molecule has 6 nitrogen and oxygen atoms in total. The molecule has 0 atom stereocenters. The number of nitrogens with zero attached hydrogens (tertiary/aromatic N) is 1. The summed E-state index contributed by atoms with van der Waals surface area (Å²) in [6, 6.07) is 3.53. The van der Waals surface area contributed by atoms with E-state index >= 15 is 0 Å². The van der Waals surface area contributed by atoms with E-state index in [0.717, 1.165) is 10.4 Å². The highest BCUT2D eigenvalue weighted by Crippen LogP contribution is 2.38. The lowest BCUT2D eigenvalue weighted by atomic mass is 10.0. The Labute approximate surface area is 153 Å². The fourth-order valence-electron chi connectivity index (χ4n) is 2.75. The van der Waals surface area contributed by atoms with Crippen molar-refractivity contribution in [1.82, 2.24) is 4.90 Å². The van der Waals surface area contributed by atoms with Gasteiger partial charge in [0.25, 0.3) is 5.91 Å². The van der Waals surface area contributed by atoms with Crippen LogP contribution in [-0.4, -0.2) is 35.8 Å². The maximum absolute atomic E-state index is 12.4. The van der Waals surface area contributed by atoms with Crippen LogP contribution >= 0.6 is 22.7 Å². The van der Waals surface area contributed by atoms with Gasteiger partial charge in [0.05, 0.1) is 23.6 Å². The highest BCUT2D eigenvalue weighted by molar-refractivity contribution is 7.17. The summed E-state index contributed by atoms with van der Waals surface area (Å²) in [6.45, 7) is 4.56. The highest BCUT2D eigenvalue weighted by Gasteiger charge is 2.30. The first-order valence-electron chi connectivity index (χ1n) is 7.93. The molecular formula is C17H18N2O4S2. The van der Waals surface area contributed by atoms with Gasteiger partial charge in [-0.15, -0.1) is 22.7 Å². The third-order valence-electron chi connectivity index (χ3n) is 3.95. The summed E-state index contributed by atoms with van der Waals surface area (Å²) in [7, 11) is 0. The van der Waals surface area contributed by atoms with Gasteiger partial charge >= 0.3 is 5.97 Å². The zero-order valence-electron chi connectivity index (χ0n) is 14.0. The quantitative estimate of drug-likeness (QED) is 0.830. The van der Waals surface area contributed by atoms with Crippen LogP contribution in [0.5, 0.6) is 0 Å². The molecule has 2 aromatic heterocycles. The number of esters is 1. The van der Waals surface area contributed by atoms with Crippen LogP contribution in [0.25, 0.3) is 0 Å². The van der Waals surface area contributed by atoms with Gasteiger partial charge in [0.1, 0.15) is 5.00 Å². The molecule has 25 heavy (non-hydrogen) atoms. The van der Waals surface area contributed by atoms with E-state index in [4.69, 9.17) is 4.74 Å². The molecule has 0 radical (unpaired) electrons. The van der Waals surface area contributed by atoms with E-state index in [1.54, 1.807) is 24.0 Å². The molecule has 132 valence electrons. The largest absolute Gasteiger partial charge is 0.462 e. The molecule has 2 amide bonds. The van der Waals surface area contributed by atoms with Crippen LogP contribution in [0.15, 0.2) is 17.5 Å². The molecule has 2 aromatic rings. The van der Waals surface area contributed by atoms with E-state index in [9.17, 15) is 14.4 Å². The smallest absolute Gasteiger partial charge is 0.341 e. The van der Waals surface area contributed by atoms with Gasteiger partial charge in [-0.3, -0.25) is 9.59 Å². The molecule has 0 saturated heterocycles. The molecule has 0 spiro atoms. The third kappa shape index (κ3) is 3.59. The van der Waals surface area contributed by atoms with Crippen LogP contribution in [0, 0.1) is 0 Å². The lowest BCUT2D eigenvalue weighted by molar-refractivity contribution is -0.129. The minimum atomic E-state index is -0.433. The van der Waals surface area contributed by atoms with Crippen molar-refractivity contribution in [3.05, 3.63) is 38.4 Å². The number of ether oxygens (including phenoxy) is 1. The zero-order chi connectivity index (χ0) is 18.0. The molecule has 3 rings (SSSR count). The molecule has 0 saturated carbocycles. The standard InChI is InChI=1S/C17H18N2O4S2/c1-3-23-17(22)14-11-6-7-19(10(2)20)9-13(11)25-16(14)18-15(21)12-5-4-8-24-12/h4-5,8H,3,6-7,9H2,1-2H3,(H,18,21). The minimum Gasteiger partial charge on any atom is -0.462 e. The summed E-state index contributed by atoms with van der Waals surface area (Å²) in [5, 5.41) is 5.16. The molecule has 0 aliphatic carbocycles. The number of amides is 2. The summed E-state index contributed by atoms with van der Waals surface area (Å²) in [6.07, 6.45) is 0.578. The number of fused-ring (bicyclic) bond motifs is 1. The van der Waals surface area contributed by atoms with Crippen LogP contribution in [0.2, 0.25) is 0 Å². The number of hydrogen-bond acceptors (Lipinski definition) is 6. The number of anilines is 1. The SMILES string of the molecule is CCOC(=O)c1c(NC(=O)c2cccs2)sc2c1CCN(C(C)=O)C2. The first-order chi connectivity index (χ1) is 12.0. The van der Waals surface area contributed by atoms with Crippen LogP contribution in [0.1, 0.15) is 44.3 Å². The van der Waals surface area contributed by atoms with Crippen molar-refractivity contribution < 1.29 is 19.1 Å². The van der Waals surface area contributed by atoms with Crippen LogP contribution in [0.4, 0.5) is 5.00 Å². The predicted molar refractivity (Wildman–Crippen MR) is 97.3 cm³/mol. The fourth-order valence-corrected chi connectivity index (χ4v) is 4.62. The normalized spacial score (nSPS) is 13.3. The van der Waals surface area contributed by atoms with Crippen molar-refractivity contribution >= 4 is 45.5 Å². The van der Waals surface area contributed by atoms with Crippen molar-refractivity contribution in [1.29, 1.82) is 0 Å². The Morgan fingerprint density at radius 1 is 1.36 bits per heavy atom. The molecule has 0 aromatic carbocycles. The van der Waals surface area contributed by atoms with Crippen LogP contribution < -0.4 is 5.32 Å². The number of carbonyl (C=O) groups excluding carboxylic acids is 3. The summed E-state index contributed by atoms with van der Waals surface area (Å²) in [5.74, 6) is -0.679. The van der Waals surface area contributed by atoms with E-state index < -0.39 is 5.97 Å². The van der Waals surface area contributed by atoms with Crippen molar-refractivity contribution in [2.45, 2.75) is 26.8 Å². The van der Waals surface area contributed by atoms with Gasteiger partial charge in [-0.2, -0.15) is 0 Å². The van der Waals surface area contributed by atoms with Gasteiger partial charge in [0.2, 0.25) is 5.91 Å². The van der Waals surface area contributed by atoms with E-state index in [1.165, 1.54) is 29.6 Å². The van der Waals surface area contributed by atoms with Crippen LogP contribution in [0.3, 0.4) is 0 Å². The molecule has 1 N–H and O–H groups in total. The topological polar surface area (TPSA) is 75.7 Å². The fraction of sp³-hybridized carbons (Fsp3) is 0.353. The van der Waals surface area contributed by atoms with Gasteiger partial charge in [0.15, 0.2) is 0 Å². The maximum atomic E-state index is 12.4. The second kappa shape index (κ2) is 7.37. The van der Waals surface area contributed by atoms with Gasteiger partial charge in [-0.05, 0) is 30.4 Å². The number of nitrogens with one attached hydrogen (secondary N) is 1. The Bertz CT molecular complexity index is 811. The van der Waals surface area contributed by atoms with Crippen molar-refractivity contribution in [3.63, 3.8) is 0 Å². The van der Waals surface area contributed by atoms with E-state index in [2.05, 4.69) is 5.32 Å². The lowest BCUT2D eigenvalue weighted by Gasteiger charge is -2.25. The summed E-state index contributed by atoms with van der Waals surface area (Å²) < 4.78 is 5.18. The first-order valence-corrected chi connectivity index (χ1v) is 9.63.